The number of anilines is 1. The number of carbonyl (C=O) groups is 2. The van der Waals surface area contributed by atoms with E-state index in [2.05, 4.69) is 5.32 Å². The number of carbonyl (C=O) groups excluding carboxylic acids is 1. The molecule has 2 N–H and O–H groups in total. The molecular weight excluding hydrogens is 237 g/mol. The molecule has 0 aliphatic carbocycles. The summed E-state index contributed by atoms with van der Waals surface area (Å²) in [6.07, 6.45) is 3.17. The predicted octanol–water partition coefficient (Wildman–Crippen LogP) is 3.04. The zero-order chi connectivity index (χ0) is 13.5. The van der Waals surface area contributed by atoms with Gasteiger partial charge in [-0.2, -0.15) is 0 Å². The van der Waals surface area contributed by atoms with Crippen LogP contribution in [0.5, 0.6) is 0 Å². The fraction of sp³-hybridized carbons (Fsp3) is 0.385. The summed E-state index contributed by atoms with van der Waals surface area (Å²) in [5.41, 5.74) is -0.127. The van der Waals surface area contributed by atoms with Crippen molar-refractivity contribution in [2.75, 3.05) is 5.32 Å². The highest BCUT2D eigenvalue weighted by Gasteiger charge is 2.11. The van der Waals surface area contributed by atoms with Crippen LogP contribution in [0.15, 0.2) is 18.2 Å². The third-order valence-corrected chi connectivity index (χ3v) is 2.49. The SMILES string of the molecule is CCCCCC(=O)Nc1ccc(C(=O)O)c(F)c1. The van der Waals surface area contributed by atoms with E-state index in [1.54, 1.807) is 0 Å². The van der Waals surface area contributed by atoms with Crippen LogP contribution in [-0.2, 0) is 4.79 Å². The molecule has 1 amide bonds. The molecule has 98 valence electrons. The predicted molar refractivity (Wildman–Crippen MR) is 66.1 cm³/mol. The van der Waals surface area contributed by atoms with Gasteiger partial charge in [0.1, 0.15) is 5.82 Å². The van der Waals surface area contributed by atoms with Crippen LogP contribution in [0, 0.1) is 5.82 Å². The minimum absolute atomic E-state index is 0.189. The number of rotatable bonds is 6. The van der Waals surface area contributed by atoms with E-state index in [9.17, 15) is 14.0 Å². The highest BCUT2D eigenvalue weighted by molar-refractivity contribution is 5.92. The third kappa shape index (κ3) is 4.16. The van der Waals surface area contributed by atoms with Crippen molar-refractivity contribution in [3.63, 3.8) is 0 Å². The van der Waals surface area contributed by atoms with E-state index in [0.717, 1.165) is 31.4 Å². The number of carboxylic acid groups (broad SMARTS) is 1. The molecule has 0 saturated carbocycles. The highest BCUT2D eigenvalue weighted by Crippen LogP contribution is 2.15. The van der Waals surface area contributed by atoms with Gasteiger partial charge in [0.2, 0.25) is 5.91 Å². The standard InChI is InChI=1S/C13H16FNO3/c1-2-3-4-5-12(16)15-9-6-7-10(13(17)18)11(14)8-9/h6-8H,2-5H2,1H3,(H,15,16)(H,17,18). The zero-order valence-electron chi connectivity index (χ0n) is 10.2. The average Bonchev–Trinajstić information content (AvgIpc) is 2.28. The second-order valence-electron chi connectivity index (χ2n) is 4.01. The molecule has 0 heterocycles. The second kappa shape index (κ2) is 6.74. The summed E-state index contributed by atoms with van der Waals surface area (Å²) in [6, 6.07) is 3.53. The van der Waals surface area contributed by atoms with Crippen LogP contribution in [0.2, 0.25) is 0 Å². The number of nitrogens with one attached hydrogen (secondary N) is 1. The number of hydrogen-bond acceptors (Lipinski definition) is 2. The van der Waals surface area contributed by atoms with Crippen LogP contribution < -0.4 is 5.32 Å². The van der Waals surface area contributed by atoms with E-state index in [0.29, 0.717) is 6.42 Å². The van der Waals surface area contributed by atoms with Crippen molar-refractivity contribution >= 4 is 17.6 Å². The van der Waals surface area contributed by atoms with Crippen LogP contribution in [0.4, 0.5) is 10.1 Å². The molecule has 0 aliphatic rings. The monoisotopic (exact) mass is 253 g/mol. The van der Waals surface area contributed by atoms with Gasteiger partial charge in [-0.15, -0.1) is 0 Å². The fourth-order valence-corrected chi connectivity index (χ4v) is 1.53. The Morgan fingerprint density at radius 2 is 2.06 bits per heavy atom. The number of carboxylic acids is 1. The zero-order valence-corrected chi connectivity index (χ0v) is 10.2. The maximum Gasteiger partial charge on any atom is 0.338 e. The van der Waals surface area contributed by atoms with Gasteiger partial charge >= 0.3 is 5.97 Å². The number of hydrogen-bond donors (Lipinski definition) is 2. The molecule has 0 atom stereocenters. The van der Waals surface area contributed by atoms with Crippen LogP contribution >= 0.6 is 0 Å². The van der Waals surface area contributed by atoms with Crippen molar-refractivity contribution in [2.45, 2.75) is 32.6 Å². The van der Waals surface area contributed by atoms with Crippen molar-refractivity contribution < 1.29 is 19.1 Å². The van der Waals surface area contributed by atoms with Gasteiger partial charge in [-0.1, -0.05) is 19.8 Å². The fourth-order valence-electron chi connectivity index (χ4n) is 1.53. The molecule has 0 spiro atoms. The van der Waals surface area contributed by atoms with Crippen molar-refractivity contribution in [2.24, 2.45) is 0 Å². The molecule has 1 aromatic rings. The van der Waals surface area contributed by atoms with E-state index in [4.69, 9.17) is 5.11 Å². The van der Waals surface area contributed by atoms with E-state index in [1.807, 2.05) is 6.92 Å². The molecule has 0 radical (unpaired) electrons. The Morgan fingerprint density at radius 1 is 1.33 bits per heavy atom. The number of unbranched alkanes of at least 4 members (excludes halogenated alkanes) is 2. The number of aromatic carboxylic acids is 1. The van der Waals surface area contributed by atoms with Crippen molar-refractivity contribution in [1.29, 1.82) is 0 Å². The largest absolute Gasteiger partial charge is 0.478 e. The first kappa shape index (κ1) is 14.2. The lowest BCUT2D eigenvalue weighted by Crippen LogP contribution is -2.12. The quantitative estimate of drug-likeness (QED) is 0.766. The first-order valence-electron chi connectivity index (χ1n) is 5.87. The van der Waals surface area contributed by atoms with Crippen molar-refractivity contribution in [3.8, 4) is 0 Å². The lowest BCUT2D eigenvalue weighted by molar-refractivity contribution is -0.116. The van der Waals surface area contributed by atoms with E-state index in [-0.39, 0.29) is 11.6 Å². The maximum atomic E-state index is 13.3. The Hall–Kier alpha value is -1.91. The van der Waals surface area contributed by atoms with Crippen LogP contribution in [0.3, 0.4) is 0 Å². The summed E-state index contributed by atoms with van der Waals surface area (Å²) in [5, 5.41) is 11.2. The maximum absolute atomic E-state index is 13.3. The topological polar surface area (TPSA) is 66.4 Å². The molecule has 5 heteroatoms. The van der Waals surface area contributed by atoms with Crippen LogP contribution in [0.25, 0.3) is 0 Å². The molecular formula is C13H16FNO3. The second-order valence-corrected chi connectivity index (χ2v) is 4.01. The summed E-state index contributed by atoms with van der Waals surface area (Å²) in [4.78, 5) is 22.1. The molecule has 0 bridgehead atoms. The Bertz CT molecular complexity index is 446. The Morgan fingerprint density at radius 3 is 2.61 bits per heavy atom. The summed E-state index contributed by atoms with van der Waals surface area (Å²) in [5.74, 6) is -2.37. The molecule has 1 aromatic carbocycles. The molecule has 0 saturated heterocycles. The van der Waals surface area contributed by atoms with Gasteiger partial charge in [-0.05, 0) is 24.6 Å². The Labute approximate surface area is 105 Å². The van der Waals surface area contributed by atoms with Gasteiger partial charge in [-0.25, -0.2) is 9.18 Å². The normalized spacial score (nSPS) is 10.1. The first-order chi connectivity index (χ1) is 8.54. The van der Waals surface area contributed by atoms with Gasteiger partial charge in [0.15, 0.2) is 0 Å². The lowest BCUT2D eigenvalue weighted by Gasteiger charge is -2.06. The first-order valence-corrected chi connectivity index (χ1v) is 5.87. The number of amides is 1. The molecule has 4 nitrogen and oxygen atoms in total. The van der Waals surface area contributed by atoms with E-state index < -0.39 is 17.3 Å². The molecule has 0 unspecified atom stereocenters. The third-order valence-electron chi connectivity index (χ3n) is 2.49. The Balaban J connectivity index is 2.60. The van der Waals surface area contributed by atoms with Gasteiger partial charge in [0.05, 0.1) is 5.56 Å². The minimum atomic E-state index is -1.33. The smallest absolute Gasteiger partial charge is 0.338 e. The minimum Gasteiger partial charge on any atom is -0.478 e. The summed E-state index contributed by atoms with van der Waals surface area (Å²) in [7, 11) is 0. The van der Waals surface area contributed by atoms with Crippen LogP contribution in [0.1, 0.15) is 43.0 Å². The summed E-state index contributed by atoms with van der Waals surface area (Å²) in [6.45, 7) is 2.04. The van der Waals surface area contributed by atoms with Crippen molar-refractivity contribution in [3.05, 3.63) is 29.6 Å². The van der Waals surface area contributed by atoms with Gasteiger partial charge in [-0.3, -0.25) is 4.79 Å². The Kier molecular flexibility index (Phi) is 5.30. The molecule has 1 rings (SSSR count). The summed E-state index contributed by atoms with van der Waals surface area (Å²) >= 11 is 0. The lowest BCUT2D eigenvalue weighted by atomic mass is 10.1. The van der Waals surface area contributed by atoms with Crippen molar-refractivity contribution in [1.82, 2.24) is 0 Å². The van der Waals surface area contributed by atoms with Gasteiger partial charge in [0, 0.05) is 12.1 Å². The molecule has 0 aromatic heterocycles. The highest BCUT2D eigenvalue weighted by atomic mass is 19.1. The average molecular weight is 253 g/mol. The van der Waals surface area contributed by atoms with E-state index in [1.165, 1.54) is 6.07 Å². The van der Waals surface area contributed by atoms with E-state index >= 15 is 0 Å². The number of halogens is 1. The number of benzene rings is 1. The van der Waals surface area contributed by atoms with Gasteiger partial charge < -0.3 is 10.4 Å². The van der Waals surface area contributed by atoms with Gasteiger partial charge in [0.25, 0.3) is 0 Å². The summed E-state index contributed by atoms with van der Waals surface area (Å²) < 4.78 is 13.3. The molecule has 18 heavy (non-hydrogen) atoms. The molecule has 0 fully saturated rings. The molecule has 0 aliphatic heterocycles. The van der Waals surface area contributed by atoms with Crippen LogP contribution in [-0.4, -0.2) is 17.0 Å².